The molecule has 1 saturated heterocycles. The number of nitrogens with zero attached hydrogens (tertiary/aromatic N) is 3. The van der Waals surface area contributed by atoms with Crippen molar-refractivity contribution in [2.45, 2.75) is 58.4 Å². The Kier molecular flexibility index (Phi) is 6.42. The molecule has 2 heterocycles. The lowest BCUT2D eigenvalue weighted by Crippen LogP contribution is -2.43. The molecule has 0 radical (unpaired) electrons. The number of pyridine rings is 1. The molecule has 1 aliphatic carbocycles. The van der Waals surface area contributed by atoms with Crippen LogP contribution < -0.4 is 15.5 Å². The van der Waals surface area contributed by atoms with Crippen molar-refractivity contribution in [1.29, 1.82) is 0 Å². The molecular weight excluding hydrogens is 354 g/mol. The van der Waals surface area contributed by atoms with Gasteiger partial charge in [-0.1, -0.05) is 12.8 Å². The van der Waals surface area contributed by atoms with E-state index in [1.165, 1.54) is 12.8 Å². The van der Waals surface area contributed by atoms with E-state index in [0.717, 1.165) is 51.3 Å². The fourth-order valence-electron chi connectivity index (χ4n) is 3.95. The van der Waals surface area contributed by atoms with Crippen molar-refractivity contribution in [1.82, 2.24) is 15.2 Å². The summed E-state index contributed by atoms with van der Waals surface area (Å²) in [6, 6.07) is 3.57. The summed E-state index contributed by atoms with van der Waals surface area (Å²) < 4.78 is 0. The van der Waals surface area contributed by atoms with Crippen LogP contribution in [0.5, 0.6) is 0 Å². The lowest BCUT2D eigenvalue weighted by Gasteiger charge is -2.25. The normalized spacial score (nSPS) is 18.7. The fraction of sp³-hybridized carbons (Fsp3) is 0.667. The summed E-state index contributed by atoms with van der Waals surface area (Å²) in [6.07, 6.45) is 7.12. The summed E-state index contributed by atoms with van der Waals surface area (Å²) in [7, 11) is 0. The molecule has 0 bridgehead atoms. The van der Waals surface area contributed by atoms with Crippen molar-refractivity contribution in [3.8, 4) is 0 Å². The predicted molar refractivity (Wildman–Crippen MR) is 112 cm³/mol. The highest BCUT2D eigenvalue weighted by Crippen LogP contribution is 2.27. The standard InChI is InChI=1S/C21H33N5O2/c1-21(2,3)24-20(28)23-17-9-10-18(22-15-17)25-11-6-12-26(14-13-25)19(27)16-7-4-5-8-16/h9-10,15-16H,4-8,11-14H2,1-3H3,(H2,23,24,28). The summed E-state index contributed by atoms with van der Waals surface area (Å²) in [5, 5.41) is 5.68. The Morgan fingerprint density at radius 3 is 2.43 bits per heavy atom. The van der Waals surface area contributed by atoms with Gasteiger partial charge in [0.2, 0.25) is 5.91 Å². The van der Waals surface area contributed by atoms with Crippen molar-refractivity contribution < 1.29 is 9.59 Å². The van der Waals surface area contributed by atoms with E-state index in [2.05, 4.69) is 20.5 Å². The zero-order valence-electron chi connectivity index (χ0n) is 17.3. The van der Waals surface area contributed by atoms with Crippen molar-refractivity contribution >= 4 is 23.4 Å². The molecule has 154 valence electrons. The SMILES string of the molecule is CC(C)(C)NC(=O)Nc1ccc(N2CCCN(C(=O)C3CCCC3)CC2)nc1. The van der Waals surface area contributed by atoms with E-state index in [9.17, 15) is 9.59 Å². The van der Waals surface area contributed by atoms with E-state index in [1.807, 2.05) is 37.8 Å². The Labute approximate surface area is 167 Å². The molecule has 2 fully saturated rings. The molecule has 7 heteroatoms. The molecule has 0 unspecified atom stereocenters. The number of hydrogen-bond acceptors (Lipinski definition) is 4. The number of nitrogens with one attached hydrogen (secondary N) is 2. The fourth-order valence-corrected chi connectivity index (χ4v) is 3.95. The van der Waals surface area contributed by atoms with Crippen LogP contribution in [0.4, 0.5) is 16.3 Å². The third-order valence-corrected chi connectivity index (χ3v) is 5.33. The summed E-state index contributed by atoms with van der Waals surface area (Å²) in [4.78, 5) is 33.4. The third kappa shape index (κ3) is 5.59. The first kappa shape index (κ1) is 20.4. The van der Waals surface area contributed by atoms with Crippen LogP contribution in [0.15, 0.2) is 18.3 Å². The third-order valence-electron chi connectivity index (χ3n) is 5.33. The molecule has 1 aliphatic heterocycles. The molecule has 7 nitrogen and oxygen atoms in total. The van der Waals surface area contributed by atoms with Gasteiger partial charge in [0.05, 0.1) is 11.9 Å². The molecule has 0 spiro atoms. The first-order valence-electron chi connectivity index (χ1n) is 10.4. The molecule has 28 heavy (non-hydrogen) atoms. The average Bonchev–Trinajstić information content (AvgIpc) is 3.05. The lowest BCUT2D eigenvalue weighted by molar-refractivity contribution is -0.135. The Hall–Kier alpha value is -2.31. The monoisotopic (exact) mass is 387 g/mol. The molecule has 1 saturated carbocycles. The van der Waals surface area contributed by atoms with Crippen LogP contribution in [-0.2, 0) is 4.79 Å². The second-order valence-electron chi connectivity index (χ2n) is 8.88. The van der Waals surface area contributed by atoms with E-state index in [4.69, 9.17) is 0 Å². The van der Waals surface area contributed by atoms with Gasteiger partial charge in [-0.05, 0) is 52.2 Å². The number of carbonyl (C=O) groups is 2. The number of amides is 3. The van der Waals surface area contributed by atoms with Gasteiger partial charge in [0.25, 0.3) is 0 Å². The number of aromatic nitrogens is 1. The first-order valence-corrected chi connectivity index (χ1v) is 10.4. The summed E-state index contributed by atoms with van der Waals surface area (Å²) in [5.74, 6) is 1.47. The van der Waals surface area contributed by atoms with E-state index >= 15 is 0 Å². The maximum Gasteiger partial charge on any atom is 0.319 e. The largest absolute Gasteiger partial charge is 0.355 e. The molecule has 0 aromatic carbocycles. The Morgan fingerprint density at radius 1 is 1.04 bits per heavy atom. The predicted octanol–water partition coefficient (Wildman–Crippen LogP) is 3.23. The van der Waals surface area contributed by atoms with E-state index in [0.29, 0.717) is 11.6 Å². The van der Waals surface area contributed by atoms with Gasteiger partial charge >= 0.3 is 6.03 Å². The number of carbonyl (C=O) groups excluding carboxylic acids is 2. The Balaban J connectivity index is 1.54. The van der Waals surface area contributed by atoms with Crippen LogP contribution >= 0.6 is 0 Å². The Bertz CT molecular complexity index is 677. The van der Waals surface area contributed by atoms with Gasteiger partial charge in [-0.25, -0.2) is 9.78 Å². The molecule has 3 rings (SSSR count). The number of hydrogen-bond donors (Lipinski definition) is 2. The van der Waals surface area contributed by atoms with Crippen molar-refractivity contribution in [3.05, 3.63) is 18.3 Å². The molecule has 1 aromatic heterocycles. The molecule has 0 atom stereocenters. The molecule has 2 N–H and O–H groups in total. The van der Waals surface area contributed by atoms with Gasteiger partial charge < -0.3 is 20.4 Å². The van der Waals surface area contributed by atoms with Crippen molar-refractivity contribution in [2.75, 3.05) is 36.4 Å². The van der Waals surface area contributed by atoms with Crippen LogP contribution in [0.1, 0.15) is 52.9 Å². The molecule has 2 aliphatic rings. The highest BCUT2D eigenvalue weighted by Gasteiger charge is 2.28. The average molecular weight is 388 g/mol. The van der Waals surface area contributed by atoms with Gasteiger partial charge in [0, 0.05) is 37.6 Å². The van der Waals surface area contributed by atoms with Gasteiger partial charge in [-0.3, -0.25) is 4.79 Å². The van der Waals surface area contributed by atoms with Gasteiger partial charge in [-0.2, -0.15) is 0 Å². The summed E-state index contributed by atoms with van der Waals surface area (Å²) >= 11 is 0. The van der Waals surface area contributed by atoms with Crippen molar-refractivity contribution in [2.24, 2.45) is 5.92 Å². The highest BCUT2D eigenvalue weighted by molar-refractivity contribution is 5.89. The number of urea groups is 1. The summed E-state index contributed by atoms with van der Waals surface area (Å²) in [6.45, 7) is 9.08. The molecule has 1 aromatic rings. The summed E-state index contributed by atoms with van der Waals surface area (Å²) in [5.41, 5.74) is 0.379. The van der Waals surface area contributed by atoms with E-state index in [1.54, 1.807) is 6.20 Å². The maximum atomic E-state index is 12.7. The van der Waals surface area contributed by atoms with Crippen LogP contribution in [0.3, 0.4) is 0 Å². The van der Waals surface area contributed by atoms with E-state index < -0.39 is 0 Å². The topological polar surface area (TPSA) is 77.6 Å². The molecular formula is C21H33N5O2. The lowest BCUT2D eigenvalue weighted by atomic mass is 10.1. The van der Waals surface area contributed by atoms with Gasteiger partial charge in [0.1, 0.15) is 5.82 Å². The zero-order valence-corrected chi connectivity index (χ0v) is 17.3. The zero-order chi connectivity index (χ0) is 20.1. The van der Waals surface area contributed by atoms with Gasteiger partial charge in [-0.15, -0.1) is 0 Å². The second-order valence-corrected chi connectivity index (χ2v) is 8.88. The number of anilines is 2. The molecule has 3 amide bonds. The van der Waals surface area contributed by atoms with Crippen LogP contribution in [-0.4, -0.2) is 53.5 Å². The van der Waals surface area contributed by atoms with Crippen LogP contribution in [0.2, 0.25) is 0 Å². The minimum atomic E-state index is -0.286. The van der Waals surface area contributed by atoms with Crippen LogP contribution in [0, 0.1) is 5.92 Å². The van der Waals surface area contributed by atoms with E-state index in [-0.39, 0.29) is 17.5 Å². The first-order chi connectivity index (χ1) is 13.3. The Morgan fingerprint density at radius 2 is 1.79 bits per heavy atom. The van der Waals surface area contributed by atoms with Gasteiger partial charge in [0.15, 0.2) is 0 Å². The van der Waals surface area contributed by atoms with Crippen LogP contribution in [0.25, 0.3) is 0 Å². The minimum absolute atomic E-state index is 0.238. The minimum Gasteiger partial charge on any atom is -0.355 e. The smallest absolute Gasteiger partial charge is 0.319 e. The number of rotatable bonds is 3. The quantitative estimate of drug-likeness (QED) is 0.835. The maximum absolute atomic E-state index is 12.7. The second kappa shape index (κ2) is 8.80. The highest BCUT2D eigenvalue weighted by atomic mass is 16.2. The van der Waals surface area contributed by atoms with Crippen molar-refractivity contribution in [3.63, 3.8) is 0 Å².